The zero-order valence-electron chi connectivity index (χ0n) is 15.5. The molecule has 142 valence electrons. The summed E-state index contributed by atoms with van der Waals surface area (Å²) in [5.41, 5.74) is 2.67. The van der Waals surface area contributed by atoms with Crippen LogP contribution in [0.2, 0.25) is 5.02 Å². The van der Waals surface area contributed by atoms with Gasteiger partial charge in [0.05, 0.1) is 18.5 Å². The van der Waals surface area contributed by atoms with Crippen LogP contribution in [0.25, 0.3) is 16.9 Å². The van der Waals surface area contributed by atoms with Crippen molar-refractivity contribution in [3.63, 3.8) is 0 Å². The van der Waals surface area contributed by atoms with Gasteiger partial charge in [-0.15, -0.1) is 5.10 Å². The molecule has 0 aliphatic carbocycles. The van der Waals surface area contributed by atoms with Gasteiger partial charge in [0.1, 0.15) is 0 Å². The second-order valence-corrected chi connectivity index (χ2v) is 7.38. The molecule has 0 radical (unpaired) electrons. The van der Waals surface area contributed by atoms with Gasteiger partial charge < -0.3 is 14.5 Å². The lowest BCUT2D eigenvalue weighted by atomic mass is 10.2. The number of halogens is 1. The summed E-state index contributed by atoms with van der Waals surface area (Å²) in [6.45, 7) is 6.29. The van der Waals surface area contributed by atoms with Crippen molar-refractivity contribution in [3.05, 3.63) is 47.6 Å². The van der Waals surface area contributed by atoms with Gasteiger partial charge in [0.15, 0.2) is 5.65 Å². The summed E-state index contributed by atoms with van der Waals surface area (Å²) in [6.07, 6.45) is 2.81. The molecule has 0 amide bonds. The maximum atomic E-state index is 6.12. The van der Waals surface area contributed by atoms with Crippen LogP contribution in [0.5, 0.6) is 5.88 Å². The zero-order valence-corrected chi connectivity index (χ0v) is 16.3. The average molecular weight is 386 g/mol. The van der Waals surface area contributed by atoms with Crippen molar-refractivity contribution in [2.45, 2.75) is 6.42 Å². The van der Waals surface area contributed by atoms with Crippen LogP contribution in [-0.4, -0.2) is 70.8 Å². The Balaban J connectivity index is 1.39. The van der Waals surface area contributed by atoms with E-state index in [1.165, 1.54) is 0 Å². The number of hydrogen-bond acceptors (Lipinski definition) is 5. The van der Waals surface area contributed by atoms with Gasteiger partial charge in [0.25, 0.3) is 0 Å². The molecule has 0 N–H and O–H groups in total. The summed E-state index contributed by atoms with van der Waals surface area (Å²) in [5, 5.41) is 5.30. The predicted molar refractivity (Wildman–Crippen MR) is 107 cm³/mol. The van der Waals surface area contributed by atoms with E-state index < -0.39 is 0 Å². The lowest BCUT2D eigenvalue weighted by molar-refractivity contribution is 0.145. The van der Waals surface area contributed by atoms with Crippen molar-refractivity contribution in [1.29, 1.82) is 0 Å². The number of aromatic nitrogens is 3. The number of likely N-dealkylation sites (N-methyl/N-ethyl adjacent to an activating group) is 1. The van der Waals surface area contributed by atoms with Gasteiger partial charge in [0, 0.05) is 49.4 Å². The third-order valence-electron chi connectivity index (χ3n) is 4.92. The van der Waals surface area contributed by atoms with Gasteiger partial charge in [0.2, 0.25) is 5.88 Å². The highest BCUT2D eigenvalue weighted by molar-refractivity contribution is 6.30. The van der Waals surface area contributed by atoms with Crippen molar-refractivity contribution in [2.24, 2.45) is 0 Å². The van der Waals surface area contributed by atoms with Crippen LogP contribution in [0, 0.1) is 0 Å². The summed E-state index contributed by atoms with van der Waals surface area (Å²) in [7, 11) is 2.18. The molecule has 0 bridgehead atoms. The number of nitrogens with zero attached hydrogens (tertiary/aromatic N) is 5. The maximum Gasteiger partial charge on any atom is 0.231 e. The Labute approximate surface area is 164 Å². The quantitative estimate of drug-likeness (QED) is 0.610. The Morgan fingerprint density at radius 3 is 2.78 bits per heavy atom. The number of imidazole rings is 1. The molecule has 1 aliphatic heterocycles. The molecule has 1 saturated heterocycles. The predicted octanol–water partition coefficient (Wildman–Crippen LogP) is 3.07. The van der Waals surface area contributed by atoms with E-state index in [2.05, 4.69) is 26.9 Å². The van der Waals surface area contributed by atoms with E-state index in [1.54, 1.807) is 0 Å². The Kier molecular flexibility index (Phi) is 5.57. The first kappa shape index (κ1) is 18.2. The fraction of sp³-hybridized carbons (Fsp3) is 0.400. The number of benzene rings is 1. The summed E-state index contributed by atoms with van der Waals surface area (Å²) < 4.78 is 7.69. The number of fused-ring (bicyclic) bond motifs is 1. The van der Waals surface area contributed by atoms with Crippen LogP contribution in [0.15, 0.2) is 42.6 Å². The molecule has 7 heteroatoms. The highest BCUT2D eigenvalue weighted by atomic mass is 35.5. The molecule has 1 aromatic carbocycles. The molecular weight excluding hydrogens is 362 g/mol. The minimum absolute atomic E-state index is 0.613. The van der Waals surface area contributed by atoms with Crippen molar-refractivity contribution in [1.82, 2.24) is 24.4 Å². The summed E-state index contributed by atoms with van der Waals surface area (Å²) in [5.74, 6) is 0.613. The van der Waals surface area contributed by atoms with Gasteiger partial charge in [-0.25, -0.2) is 9.50 Å². The molecule has 0 spiro atoms. The SMILES string of the molecule is CN1CCN(CCCOc2ccc3ncc(-c4cccc(Cl)c4)n3n2)CC1. The Hall–Kier alpha value is -2.15. The molecule has 3 aromatic rings. The Morgan fingerprint density at radius 2 is 1.96 bits per heavy atom. The van der Waals surface area contributed by atoms with Crippen LogP contribution in [0.4, 0.5) is 0 Å². The van der Waals surface area contributed by atoms with E-state index in [0.29, 0.717) is 17.5 Å². The van der Waals surface area contributed by atoms with Gasteiger partial charge in [-0.1, -0.05) is 23.7 Å². The summed E-state index contributed by atoms with van der Waals surface area (Å²) >= 11 is 6.12. The average Bonchev–Trinajstić information content (AvgIpc) is 3.10. The third-order valence-corrected chi connectivity index (χ3v) is 5.16. The molecule has 0 saturated carbocycles. The van der Waals surface area contributed by atoms with Gasteiger partial charge >= 0.3 is 0 Å². The lowest BCUT2D eigenvalue weighted by Crippen LogP contribution is -2.44. The smallest absolute Gasteiger partial charge is 0.231 e. The van der Waals surface area contributed by atoms with E-state index in [9.17, 15) is 0 Å². The van der Waals surface area contributed by atoms with Crippen molar-refractivity contribution < 1.29 is 4.74 Å². The first-order valence-electron chi connectivity index (χ1n) is 9.33. The van der Waals surface area contributed by atoms with Crippen LogP contribution < -0.4 is 4.74 Å². The Bertz CT molecular complexity index is 904. The highest BCUT2D eigenvalue weighted by Gasteiger charge is 2.13. The van der Waals surface area contributed by atoms with Crippen LogP contribution in [0.1, 0.15) is 6.42 Å². The van der Waals surface area contributed by atoms with E-state index >= 15 is 0 Å². The molecule has 27 heavy (non-hydrogen) atoms. The van der Waals surface area contributed by atoms with E-state index in [4.69, 9.17) is 16.3 Å². The fourth-order valence-electron chi connectivity index (χ4n) is 3.31. The molecule has 4 rings (SSSR count). The molecule has 0 atom stereocenters. The number of hydrogen-bond donors (Lipinski definition) is 0. The van der Waals surface area contributed by atoms with Gasteiger partial charge in [-0.3, -0.25) is 0 Å². The van der Waals surface area contributed by atoms with Gasteiger partial charge in [-0.05, 0) is 31.7 Å². The summed E-state index contributed by atoms with van der Waals surface area (Å²) in [4.78, 5) is 9.28. The second kappa shape index (κ2) is 8.25. The standard InChI is InChI=1S/C20H24ClN5O/c1-24-9-11-25(12-10-24)8-3-13-27-20-7-6-19-22-15-18(26(19)23-20)16-4-2-5-17(21)14-16/h2,4-7,14-15H,3,8-13H2,1H3. The zero-order chi connectivity index (χ0) is 18.6. The number of ether oxygens (including phenoxy) is 1. The van der Waals surface area contributed by atoms with Crippen LogP contribution in [-0.2, 0) is 0 Å². The fourth-order valence-corrected chi connectivity index (χ4v) is 3.50. The van der Waals surface area contributed by atoms with Gasteiger partial charge in [-0.2, -0.15) is 0 Å². The number of piperazine rings is 1. The molecule has 2 aromatic heterocycles. The molecule has 0 unspecified atom stereocenters. The van der Waals surface area contributed by atoms with Crippen LogP contribution >= 0.6 is 11.6 Å². The van der Waals surface area contributed by atoms with E-state index in [0.717, 1.165) is 56.0 Å². The summed E-state index contributed by atoms with van der Waals surface area (Å²) in [6, 6.07) is 11.5. The lowest BCUT2D eigenvalue weighted by Gasteiger charge is -2.32. The molecular formula is C20H24ClN5O. The van der Waals surface area contributed by atoms with Crippen molar-refractivity contribution in [2.75, 3.05) is 46.4 Å². The Morgan fingerprint density at radius 1 is 1.11 bits per heavy atom. The van der Waals surface area contributed by atoms with E-state index in [1.807, 2.05) is 47.1 Å². The molecule has 6 nitrogen and oxygen atoms in total. The van der Waals surface area contributed by atoms with E-state index in [-0.39, 0.29) is 0 Å². The van der Waals surface area contributed by atoms with Crippen molar-refractivity contribution in [3.8, 4) is 17.1 Å². The van der Waals surface area contributed by atoms with Crippen molar-refractivity contribution >= 4 is 17.2 Å². The molecule has 1 fully saturated rings. The first-order chi connectivity index (χ1) is 13.2. The topological polar surface area (TPSA) is 45.9 Å². The first-order valence-corrected chi connectivity index (χ1v) is 9.71. The normalized spacial score (nSPS) is 16.1. The second-order valence-electron chi connectivity index (χ2n) is 6.94. The number of rotatable bonds is 6. The van der Waals surface area contributed by atoms with Crippen LogP contribution in [0.3, 0.4) is 0 Å². The maximum absolute atomic E-state index is 6.12. The molecule has 1 aliphatic rings. The monoisotopic (exact) mass is 385 g/mol. The highest BCUT2D eigenvalue weighted by Crippen LogP contribution is 2.24. The molecule has 3 heterocycles. The minimum atomic E-state index is 0.613. The largest absolute Gasteiger partial charge is 0.477 e. The minimum Gasteiger partial charge on any atom is -0.477 e. The third kappa shape index (κ3) is 4.40.